The largest absolute Gasteiger partial charge is 1.00 e. The Kier molecular flexibility index (Phi) is 6.21. The summed E-state index contributed by atoms with van der Waals surface area (Å²) in [6.45, 7) is 5.70. The molecule has 0 saturated carbocycles. The summed E-state index contributed by atoms with van der Waals surface area (Å²) in [6, 6.07) is 14.7. The van der Waals surface area contributed by atoms with Crippen LogP contribution in [0.1, 0.15) is 16.7 Å². The molecule has 0 bridgehead atoms. The van der Waals surface area contributed by atoms with Crippen LogP contribution < -0.4 is 26.5 Å². The van der Waals surface area contributed by atoms with Gasteiger partial charge in [-0.25, -0.2) is 4.58 Å². The number of hydrogen-bond acceptors (Lipinski definition) is 2. The van der Waals surface area contributed by atoms with Gasteiger partial charge in [-0.15, -0.1) is 0 Å². The van der Waals surface area contributed by atoms with Gasteiger partial charge in [0, 0.05) is 12.0 Å². The number of fused-ring (bicyclic) bond motifs is 1. The van der Waals surface area contributed by atoms with Crippen molar-refractivity contribution in [2.45, 2.75) is 6.42 Å². The Morgan fingerprint density at radius 3 is 2.38 bits per heavy atom. The molecule has 0 aliphatic carbocycles. The van der Waals surface area contributed by atoms with Gasteiger partial charge in [-0.1, -0.05) is 24.8 Å². The fourth-order valence-corrected chi connectivity index (χ4v) is 3.16. The molecular weight excluding hydrogens is 366 g/mol. The average Bonchev–Trinajstić information content (AvgIpc) is 2.61. The molecule has 0 fully saturated rings. The smallest absolute Gasteiger partial charge is 0.215 e. The Labute approximate surface area is 154 Å². The molecule has 0 spiro atoms. The third kappa shape index (κ3) is 3.39. The van der Waals surface area contributed by atoms with E-state index in [0.717, 1.165) is 31.0 Å². The van der Waals surface area contributed by atoms with Crippen molar-refractivity contribution in [1.29, 1.82) is 0 Å². The van der Waals surface area contributed by atoms with Gasteiger partial charge in [-0.3, -0.25) is 0 Å². The molecule has 1 aliphatic rings. The molecule has 0 saturated heterocycles. The van der Waals surface area contributed by atoms with Crippen molar-refractivity contribution in [2.24, 2.45) is 0 Å². The van der Waals surface area contributed by atoms with E-state index in [1.165, 1.54) is 22.4 Å². The number of benzene rings is 2. The lowest BCUT2D eigenvalue weighted by atomic mass is 9.91. The Morgan fingerprint density at radius 1 is 1.08 bits per heavy atom. The van der Waals surface area contributed by atoms with Crippen LogP contribution in [0.25, 0.3) is 0 Å². The van der Waals surface area contributed by atoms with E-state index >= 15 is 0 Å². The summed E-state index contributed by atoms with van der Waals surface area (Å²) in [5.74, 6) is 1.55. The molecule has 0 amide bonds. The second-order valence-electron chi connectivity index (χ2n) is 5.56. The number of halogens is 1. The highest BCUT2D eigenvalue weighted by Crippen LogP contribution is 2.33. The molecule has 4 heteroatoms. The van der Waals surface area contributed by atoms with Crippen molar-refractivity contribution in [3.8, 4) is 11.5 Å². The third-order valence-electron chi connectivity index (χ3n) is 4.23. The molecule has 24 heavy (non-hydrogen) atoms. The maximum absolute atomic E-state index is 5.50. The highest BCUT2D eigenvalue weighted by Gasteiger charge is 2.28. The Hall–Kier alpha value is -2.07. The SMILES string of the molecule is C=CC[N+]1=C(c2ccccc2)c2cc(OC)c(OC)cc2CC1.[Br-]. The first-order valence-corrected chi connectivity index (χ1v) is 7.82. The van der Waals surface area contributed by atoms with Crippen LogP contribution in [0.15, 0.2) is 55.1 Å². The zero-order chi connectivity index (χ0) is 16.2. The standard InChI is InChI=1S/C20H22NO2.BrH/c1-4-11-21-12-10-16-13-18(22-2)19(23-3)14-17(16)20(21)15-8-6-5-7-9-15;/h4-9,13-14H,1,10-12H2,2-3H3;1H/q+1;/p-1. The maximum Gasteiger partial charge on any atom is 0.215 e. The average molecular weight is 388 g/mol. The lowest BCUT2D eigenvalue weighted by Gasteiger charge is -2.20. The van der Waals surface area contributed by atoms with E-state index in [2.05, 4.69) is 47.6 Å². The lowest BCUT2D eigenvalue weighted by Crippen LogP contribution is -3.00. The van der Waals surface area contributed by atoms with Crippen molar-refractivity contribution in [2.75, 3.05) is 27.3 Å². The Morgan fingerprint density at radius 2 is 1.75 bits per heavy atom. The lowest BCUT2D eigenvalue weighted by molar-refractivity contribution is -0.517. The molecule has 0 unspecified atom stereocenters. The van der Waals surface area contributed by atoms with E-state index in [-0.39, 0.29) is 17.0 Å². The highest BCUT2D eigenvalue weighted by atomic mass is 79.9. The van der Waals surface area contributed by atoms with E-state index in [0.29, 0.717) is 0 Å². The Bertz CT molecular complexity index is 754. The van der Waals surface area contributed by atoms with Gasteiger partial charge in [0.25, 0.3) is 0 Å². The van der Waals surface area contributed by atoms with Crippen molar-refractivity contribution in [1.82, 2.24) is 0 Å². The van der Waals surface area contributed by atoms with Crippen molar-refractivity contribution >= 4 is 5.71 Å². The van der Waals surface area contributed by atoms with Crippen LogP contribution in [-0.4, -0.2) is 37.6 Å². The summed E-state index contributed by atoms with van der Waals surface area (Å²) in [5.41, 5.74) is 4.94. The molecule has 1 aliphatic heterocycles. The molecule has 0 radical (unpaired) electrons. The van der Waals surface area contributed by atoms with Crippen LogP contribution in [0.3, 0.4) is 0 Å². The third-order valence-corrected chi connectivity index (χ3v) is 4.23. The van der Waals surface area contributed by atoms with Gasteiger partial charge in [0.2, 0.25) is 5.71 Å². The van der Waals surface area contributed by atoms with Crippen molar-refractivity contribution in [3.63, 3.8) is 0 Å². The van der Waals surface area contributed by atoms with Gasteiger partial charge in [0.05, 0.1) is 19.8 Å². The zero-order valence-corrected chi connectivity index (χ0v) is 15.7. The first-order valence-electron chi connectivity index (χ1n) is 7.82. The summed E-state index contributed by atoms with van der Waals surface area (Å²) >= 11 is 0. The first-order chi connectivity index (χ1) is 11.3. The molecule has 2 aromatic carbocycles. The van der Waals surface area contributed by atoms with Crippen molar-refractivity contribution in [3.05, 3.63) is 71.8 Å². The summed E-state index contributed by atoms with van der Waals surface area (Å²) < 4.78 is 13.3. The van der Waals surface area contributed by atoms with Gasteiger partial charge >= 0.3 is 0 Å². The Balaban J connectivity index is 0.00000208. The van der Waals surface area contributed by atoms with E-state index in [4.69, 9.17) is 9.47 Å². The highest BCUT2D eigenvalue weighted by molar-refractivity contribution is 6.11. The number of ether oxygens (including phenoxy) is 2. The molecular formula is C20H22BrNO2. The number of nitrogens with zero attached hydrogens (tertiary/aromatic N) is 1. The molecule has 3 nitrogen and oxygen atoms in total. The minimum Gasteiger partial charge on any atom is -1.00 e. The number of hydrogen-bond donors (Lipinski definition) is 0. The fourth-order valence-electron chi connectivity index (χ4n) is 3.16. The minimum atomic E-state index is 0. The second-order valence-corrected chi connectivity index (χ2v) is 5.56. The van der Waals surface area contributed by atoms with Gasteiger partial charge in [0.1, 0.15) is 6.54 Å². The normalized spacial score (nSPS) is 12.9. The maximum atomic E-state index is 5.50. The fraction of sp³-hybridized carbons (Fsp3) is 0.250. The predicted octanol–water partition coefficient (Wildman–Crippen LogP) is 0.300. The van der Waals surface area contributed by atoms with Gasteiger partial charge in [-0.05, 0) is 35.9 Å². The second kappa shape index (κ2) is 8.15. The molecule has 0 atom stereocenters. The van der Waals surface area contributed by atoms with Crippen LogP contribution in [0.5, 0.6) is 11.5 Å². The van der Waals surface area contributed by atoms with E-state index in [9.17, 15) is 0 Å². The zero-order valence-electron chi connectivity index (χ0n) is 14.1. The number of rotatable bonds is 5. The molecule has 126 valence electrons. The summed E-state index contributed by atoms with van der Waals surface area (Å²) in [6.07, 6.45) is 2.94. The first kappa shape index (κ1) is 18.3. The van der Waals surface area contributed by atoms with Crippen LogP contribution in [0, 0.1) is 0 Å². The minimum absolute atomic E-state index is 0. The summed E-state index contributed by atoms with van der Waals surface area (Å²) in [7, 11) is 3.36. The topological polar surface area (TPSA) is 21.5 Å². The monoisotopic (exact) mass is 387 g/mol. The predicted molar refractivity (Wildman–Crippen MR) is 93.1 cm³/mol. The van der Waals surface area contributed by atoms with Crippen LogP contribution >= 0.6 is 0 Å². The van der Waals surface area contributed by atoms with Gasteiger partial charge < -0.3 is 26.5 Å². The molecule has 1 heterocycles. The molecule has 3 rings (SSSR count). The molecule has 2 aromatic rings. The molecule has 0 N–H and O–H groups in total. The molecule has 0 aromatic heterocycles. The van der Waals surface area contributed by atoms with E-state index in [1.54, 1.807) is 14.2 Å². The van der Waals surface area contributed by atoms with E-state index in [1.807, 2.05) is 12.1 Å². The van der Waals surface area contributed by atoms with Crippen LogP contribution in [-0.2, 0) is 6.42 Å². The van der Waals surface area contributed by atoms with Crippen LogP contribution in [0.2, 0.25) is 0 Å². The number of methoxy groups -OCH3 is 2. The van der Waals surface area contributed by atoms with Gasteiger partial charge in [-0.2, -0.15) is 0 Å². The summed E-state index contributed by atoms with van der Waals surface area (Å²) in [5, 5.41) is 0. The quantitative estimate of drug-likeness (QED) is 0.543. The van der Waals surface area contributed by atoms with Crippen molar-refractivity contribution < 1.29 is 31.0 Å². The van der Waals surface area contributed by atoms with Crippen LogP contribution in [0.4, 0.5) is 0 Å². The summed E-state index contributed by atoms with van der Waals surface area (Å²) in [4.78, 5) is 0. The van der Waals surface area contributed by atoms with Gasteiger partial charge in [0.15, 0.2) is 18.0 Å². The van der Waals surface area contributed by atoms with E-state index < -0.39 is 0 Å².